The van der Waals surface area contributed by atoms with E-state index in [1.54, 1.807) is 66.3 Å². The number of hydrogen-bond donors (Lipinski definition) is 10. The van der Waals surface area contributed by atoms with Crippen molar-refractivity contribution in [2.24, 2.45) is 7.05 Å². The summed E-state index contributed by atoms with van der Waals surface area (Å²) in [5.74, 6) is 0.282. The van der Waals surface area contributed by atoms with Crippen molar-refractivity contribution in [2.75, 3.05) is 111 Å². The third-order valence-electron chi connectivity index (χ3n) is 23.6. The number of carboxylic acid groups (broad SMARTS) is 1. The highest BCUT2D eigenvalue weighted by atomic mass is 32.2. The number of aryl methyl sites for hydroxylation is 1. The van der Waals surface area contributed by atoms with Crippen molar-refractivity contribution in [2.45, 2.75) is 123 Å². The zero-order chi connectivity index (χ0) is 95.8. The molecule has 10 N–H and O–H groups in total. The molecule has 9 amide bonds. The summed E-state index contributed by atoms with van der Waals surface area (Å²) in [7, 11) is 3.14. The van der Waals surface area contributed by atoms with E-state index in [1.807, 2.05) is 121 Å². The van der Waals surface area contributed by atoms with E-state index in [0.29, 0.717) is 74.4 Å². The Kier molecular flexibility index (Phi) is 33.4. The van der Waals surface area contributed by atoms with Crippen molar-refractivity contribution < 1.29 is 76.7 Å². The van der Waals surface area contributed by atoms with Crippen LogP contribution in [0.15, 0.2) is 222 Å². The molecule has 3 aliphatic heterocycles. The van der Waals surface area contributed by atoms with Crippen molar-refractivity contribution >= 4 is 110 Å². The summed E-state index contributed by atoms with van der Waals surface area (Å²) in [6.07, 6.45) is 8.67. The number of thioether (sulfide) groups is 2. The van der Waals surface area contributed by atoms with E-state index in [1.165, 1.54) is 46.3 Å². The lowest BCUT2D eigenvalue weighted by Gasteiger charge is -2.45. The number of carbonyl (C=O) groups excluding carboxylic acids is 9. The Labute approximate surface area is 791 Å². The number of aliphatic carboxylic acids is 1. The monoisotopic (exact) mass is 1890 g/mol. The molecule has 7 heterocycles. The van der Waals surface area contributed by atoms with Crippen LogP contribution in [0.25, 0.3) is 38.6 Å². The lowest BCUT2D eigenvalue weighted by Crippen LogP contribution is -2.55. The van der Waals surface area contributed by atoms with Gasteiger partial charge in [0.2, 0.25) is 47.3 Å². The number of ether oxygens (including phenoxy) is 5. The molecule has 10 aromatic rings. The topological polar surface area (TPSA) is 451 Å². The van der Waals surface area contributed by atoms with Crippen LogP contribution in [0.5, 0.6) is 5.75 Å². The molecular weight excluding hydrogens is 1780 g/mol. The van der Waals surface area contributed by atoms with Gasteiger partial charge in [0, 0.05) is 121 Å². The molecule has 1 aliphatic carbocycles. The molecule has 0 radical (unpaired) electrons. The largest absolute Gasteiger partial charge is 0.495 e. The number of rotatable bonds is 44. The molecule has 0 unspecified atom stereocenters. The van der Waals surface area contributed by atoms with Crippen LogP contribution >= 0.6 is 23.5 Å². The van der Waals surface area contributed by atoms with Gasteiger partial charge < -0.3 is 90.7 Å². The van der Waals surface area contributed by atoms with E-state index in [-0.39, 0.29) is 88.1 Å². The highest BCUT2D eigenvalue weighted by molar-refractivity contribution is 8.08. The first-order chi connectivity index (χ1) is 65.8. The summed E-state index contributed by atoms with van der Waals surface area (Å²) < 4.78 is 34.3. The van der Waals surface area contributed by atoms with E-state index in [0.717, 1.165) is 101 Å². The maximum absolute atomic E-state index is 14.1. The fourth-order valence-electron chi connectivity index (χ4n) is 16.2. The number of hydrogen-bond acceptors (Lipinski definition) is 25. The maximum Gasteiger partial charge on any atom is 0.337 e. The number of anilines is 1. The molecule has 36 nitrogen and oxygen atoms in total. The molecule has 3 atom stereocenters. The van der Waals surface area contributed by atoms with E-state index in [9.17, 15) is 67.4 Å². The van der Waals surface area contributed by atoms with Crippen molar-refractivity contribution in [3.63, 3.8) is 0 Å². The van der Waals surface area contributed by atoms with Gasteiger partial charge in [-0.2, -0.15) is 0 Å². The molecule has 2 saturated heterocycles. The Hall–Kier alpha value is -13.9. The van der Waals surface area contributed by atoms with Gasteiger partial charge in [-0.15, -0.1) is 0 Å². The first-order valence-corrected chi connectivity index (χ1v) is 46.4. The summed E-state index contributed by atoms with van der Waals surface area (Å²) in [6.45, 7) is 4.23. The van der Waals surface area contributed by atoms with Crippen LogP contribution in [0.3, 0.4) is 0 Å². The molecule has 4 aliphatic rings. The first kappa shape index (κ1) is 98.1. The van der Waals surface area contributed by atoms with Crippen LogP contribution in [0.2, 0.25) is 0 Å². The molecule has 4 aromatic heterocycles. The lowest BCUT2D eigenvalue weighted by molar-refractivity contribution is -0.141. The number of fused-ring (bicyclic) bond motifs is 2. The molecule has 3 fully saturated rings. The standard InChI is InChI=1S/C98H107N17O19S2/c1-63(116)106-77(55-85(122)123)91(125)103-61-115-84(121)36-44-113(96(115)129)78-53-65(27-32-79(78)130-4)20-17-40-105-97(2)38-45-111(46-39-97)68-34-42-112(43-35-68)95-108-75-31-28-66(74-59-110(3)92(126)86-72(74)33-41-99-86)54-73(75)89(109-95)98(134-69-29-30-69,67-21-11-6-12-22-67)60-133-62-104-82(119)57-102-90(124)76(52-64-18-9-5-10-19-64)107-83(120)58-101-81(118)56-100-80(117)37-48-131-50-51-132-49-47-114-93(127)87(135-70-23-13-7-14-24-70)88(94(114)128)136-71-25-15-8-16-26-71/h5-16,18-19,21-28,31-33,36,41,44,53-54,59,68-69,76-77,99,105H,29-30,34-35,37-40,42-43,45-52,55-58,60-62H2,1-4H3,(H,100,117)(H,101,118)(H,102,124)(H,103,125)(H,104,119)(H,106,116)(H,107,120)(H,122,123)/t76-,77-,98-/m0/s1. The number of methoxy groups -OCH3 is 1. The molecule has 136 heavy (non-hydrogen) atoms. The smallest absolute Gasteiger partial charge is 0.337 e. The number of H-pyrrole nitrogens is 1. The summed E-state index contributed by atoms with van der Waals surface area (Å²) >= 11 is 2.48. The van der Waals surface area contributed by atoms with Crippen LogP contribution < -0.4 is 69.0 Å². The Morgan fingerprint density at radius 1 is 0.654 bits per heavy atom. The number of piperidine rings is 2. The Bertz CT molecular complexity index is 6250. The van der Waals surface area contributed by atoms with Crippen LogP contribution in [0.1, 0.15) is 87.6 Å². The second-order valence-electron chi connectivity index (χ2n) is 33.4. The molecule has 710 valence electrons. The highest BCUT2D eigenvalue weighted by Gasteiger charge is 2.46. The van der Waals surface area contributed by atoms with Gasteiger partial charge in [-0.3, -0.25) is 67.0 Å². The number of nitrogens with one attached hydrogen (secondary N) is 9. The Morgan fingerprint density at radius 3 is 1.96 bits per heavy atom. The second-order valence-corrected chi connectivity index (χ2v) is 35.5. The van der Waals surface area contributed by atoms with Crippen LogP contribution in [0, 0.1) is 11.8 Å². The molecule has 14 rings (SSSR count). The van der Waals surface area contributed by atoms with Gasteiger partial charge in [0.15, 0.2) is 5.60 Å². The average molecular weight is 1890 g/mol. The van der Waals surface area contributed by atoms with E-state index in [2.05, 4.69) is 76.1 Å². The second kappa shape index (κ2) is 46.4. The van der Waals surface area contributed by atoms with Gasteiger partial charge in [0.05, 0.1) is 112 Å². The number of imide groups is 1. The Balaban J connectivity index is 0.569. The van der Waals surface area contributed by atoms with E-state index >= 15 is 0 Å². The Morgan fingerprint density at radius 2 is 1.29 bits per heavy atom. The summed E-state index contributed by atoms with van der Waals surface area (Å²) in [5, 5.41) is 32.1. The number of aromatic nitrogens is 6. The van der Waals surface area contributed by atoms with Crippen molar-refractivity contribution in [1.82, 2.24) is 81.0 Å². The number of pyridine rings is 1. The van der Waals surface area contributed by atoms with Crippen LogP contribution in [0.4, 0.5) is 5.95 Å². The average Bonchev–Trinajstić information content (AvgIpc) is 1.20. The van der Waals surface area contributed by atoms with Crippen molar-refractivity contribution in [3.05, 3.63) is 252 Å². The molecule has 6 aromatic carbocycles. The number of benzene rings is 6. The minimum Gasteiger partial charge on any atom is -0.495 e. The SMILES string of the molecule is COc1ccc(C#CCNC2(C)CCN(C3CCN(c4nc([C@@](COCNC(=O)CNC(=O)[C@H](Cc5ccccc5)NC(=O)CNC(=O)CNC(=O)CCOCCOCCN5C(=O)C(Sc6ccccc6)=C(Sc6ccccc6)C5=O)(OC5CC5)c5ccccc5)c5cc(-c6cn(C)c(=O)c7[nH]ccc67)ccc5n4)CC3)CC2)cc1-n1ccc(=O)n(CNC(=O)[C@H](CC(=O)O)NC(C)=O)c1=O. The third kappa shape index (κ3) is 25.6. The normalized spacial score (nSPS) is 15.4. The van der Waals surface area contributed by atoms with Crippen LogP contribution in [-0.4, -0.2) is 238 Å². The van der Waals surface area contributed by atoms with Gasteiger partial charge in [-0.25, -0.2) is 19.3 Å². The predicted octanol–water partition coefficient (Wildman–Crippen LogP) is 5.49. The third-order valence-corrected chi connectivity index (χ3v) is 26.0. The zero-order valence-corrected chi connectivity index (χ0v) is 77.2. The van der Waals surface area contributed by atoms with E-state index < -0.39 is 121 Å². The number of nitrogens with zero attached hydrogens (tertiary/aromatic N) is 8. The van der Waals surface area contributed by atoms with Gasteiger partial charge in [-0.1, -0.05) is 138 Å². The first-order valence-electron chi connectivity index (χ1n) is 44.7. The molecule has 1 saturated carbocycles. The maximum atomic E-state index is 14.1. The minimum atomic E-state index is -1.45. The number of carbonyl (C=O) groups is 10. The van der Waals surface area contributed by atoms with E-state index in [4.69, 9.17) is 33.7 Å². The number of carboxylic acids is 1. The number of aromatic amines is 1. The zero-order valence-electron chi connectivity index (χ0n) is 75.6. The van der Waals surface area contributed by atoms with Crippen molar-refractivity contribution in [1.29, 1.82) is 0 Å². The minimum absolute atomic E-state index is 0.00824. The summed E-state index contributed by atoms with van der Waals surface area (Å²) in [4.78, 5) is 193. The summed E-state index contributed by atoms with van der Waals surface area (Å²) in [5.41, 5.74) is 1.96. The molecule has 0 spiro atoms. The lowest BCUT2D eigenvalue weighted by atomic mass is 9.87. The van der Waals surface area contributed by atoms with Gasteiger partial charge in [0.1, 0.15) is 36.7 Å². The van der Waals surface area contributed by atoms with Gasteiger partial charge >= 0.3 is 11.7 Å². The number of likely N-dealkylation sites (tertiary alicyclic amines) is 1. The fourth-order valence-corrected chi connectivity index (χ4v) is 18.3. The molecular formula is C98H107N17O19S2. The molecule has 38 heteroatoms. The van der Waals surface area contributed by atoms with Crippen LogP contribution in [-0.2, 0) is 92.6 Å². The fraction of sp³-hybridized carbons (Fsp3) is 0.357. The highest BCUT2D eigenvalue weighted by Crippen LogP contribution is 2.46. The van der Waals surface area contributed by atoms with Gasteiger partial charge in [-0.05, 0) is 123 Å². The molecule has 0 bridgehead atoms. The predicted molar refractivity (Wildman–Crippen MR) is 508 cm³/mol. The van der Waals surface area contributed by atoms with Gasteiger partial charge in [0.25, 0.3) is 22.9 Å². The number of amides is 9. The summed E-state index contributed by atoms with van der Waals surface area (Å²) in [6, 6.07) is 48.9. The quantitative estimate of drug-likeness (QED) is 0.00976. The van der Waals surface area contributed by atoms with Crippen molar-refractivity contribution in [3.8, 4) is 34.4 Å².